The average Bonchev–Trinajstić information content (AvgIpc) is 2.99. The van der Waals surface area contributed by atoms with E-state index in [9.17, 15) is 0 Å². The highest BCUT2D eigenvalue weighted by atomic mass is 15.1. The number of rotatable bonds is 4. The van der Waals surface area contributed by atoms with E-state index < -0.39 is 0 Å². The number of hydrogen-bond donors (Lipinski definition) is 1. The van der Waals surface area contributed by atoms with Crippen molar-refractivity contribution >= 4 is 0 Å². The second-order valence-corrected chi connectivity index (χ2v) is 3.80. The fourth-order valence-electron chi connectivity index (χ4n) is 1.69. The molecule has 2 atom stereocenters. The summed E-state index contributed by atoms with van der Waals surface area (Å²) in [5.74, 6) is 0. The van der Waals surface area contributed by atoms with Crippen LogP contribution in [0.2, 0.25) is 0 Å². The van der Waals surface area contributed by atoms with E-state index in [1.807, 2.05) is 0 Å². The summed E-state index contributed by atoms with van der Waals surface area (Å²) in [5.41, 5.74) is 1.40. The van der Waals surface area contributed by atoms with Crippen LogP contribution in [0.25, 0.3) is 0 Å². The molecule has 1 aromatic carbocycles. The van der Waals surface area contributed by atoms with E-state index in [1.54, 1.807) is 0 Å². The molecule has 74 valence electrons. The van der Waals surface area contributed by atoms with Crippen LogP contribution in [0.1, 0.15) is 31.4 Å². The molecular formula is C13H17N. The molecule has 0 aliphatic carbocycles. The van der Waals surface area contributed by atoms with Crippen molar-refractivity contribution in [2.24, 2.45) is 0 Å². The average molecular weight is 187 g/mol. The molecule has 0 bridgehead atoms. The SMILES string of the molecule is CCC/C=C/[C@H]1N[C@H]1c1ccccc1. The minimum atomic E-state index is 0.560. The molecule has 1 heteroatoms. The smallest absolute Gasteiger partial charge is 0.0517 e. The van der Waals surface area contributed by atoms with Gasteiger partial charge in [0.2, 0.25) is 0 Å². The molecule has 0 amide bonds. The minimum absolute atomic E-state index is 0.560. The van der Waals surface area contributed by atoms with Gasteiger partial charge >= 0.3 is 0 Å². The Bertz CT molecular complexity index is 302. The molecule has 0 saturated carbocycles. The molecule has 2 rings (SSSR count). The Hall–Kier alpha value is -1.08. The van der Waals surface area contributed by atoms with Crippen molar-refractivity contribution in [3.63, 3.8) is 0 Å². The third kappa shape index (κ3) is 2.24. The summed E-state index contributed by atoms with van der Waals surface area (Å²) in [6.07, 6.45) is 7.00. The van der Waals surface area contributed by atoms with Crippen LogP contribution in [0.5, 0.6) is 0 Å². The van der Waals surface area contributed by atoms with E-state index in [2.05, 4.69) is 54.7 Å². The van der Waals surface area contributed by atoms with E-state index in [4.69, 9.17) is 0 Å². The lowest BCUT2D eigenvalue weighted by molar-refractivity contribution is 0.950. The standard InChI is InChI=1S/C13H17N/c1-2-3-5-10-12-13(14-12)11-8-6-4-7-9-11/h4-10,12-14H,2-3H2,1H3/b10-5+/t12-,13+/m1/s1. The topological polar surface area (TPSA) is 21.9 Å². The van der Waals surface area contributed by atoms with Crippen LogP contribution in [0.15, 0.2) is 42.5 Å². The Morgan fingerprint density at radius 1 is 1.29 bits per heavy atom. The molecule has 1 heterocycles. The van der Waals surface area contributed by atoms with E-state index in [0.29, 0.717) is 12.1 Å². The molecule has 1 aliphatic rings. The van der Waals surface area contributed by atoms with Gasteiger partial charge in [-0.05, 0) is 12.0 Å². The first-order valence-corrected chi connectivity index (χ1v) is 5.39. The third-order valence-electron chi connectivity index (χ3n) is 2.58. The van der Waals surface area contributed by atoms with Crippen LogP contribution in [-0.2, 0) is 0 Å². The van der Waals surface area contributed by atoms with Crippen LogP contribution < -0.4 is 5.32 Å². The zero-order valence-electron chi connectivity index (χ0n) is 8.61. The van der Waals surface area contributed by atoms with E-state index in [0.717, 1.165) is 0 Å². The molecule has 14 heavy (non-hydrogen) atoms. The van der Waals surface area contributed by atoms with Crippen LogP contribution in [0.4, 0.5) is 0 Å². The lowest BCUT2D eigenvalue weighted by Crippen LogP contribution is -1.83. The van der Waals surface area contributed by atoms with Gasteiger partial charge < -0.3 is 5.32 Å². The minimum Gasteiger partial charge on any atom is -0.300 e. The summed E-state index contributed by atoms with van der Waals surface area (Å²) in [6, 6.07) is 11.8. The van der Waals surface area contributed by atoms with Crippen molar-refractivity contribution in [2.75, 3.05) is 0 Å². The summed E-state index contributed by atoms with van der Waals surface area (Å²) in [4.78, 5) is 0. The molecule has 1 aliphatic heterocycles. The molecule has 0 spiro atoms. The lowest BCUT2D eigenvalue weighted by atomic mass is 10.1. The Balaban J connectivity index is 1.87. The van der Waals surface area contributed by atoms with E-state index in [1.165, 1.54) is 18.4 Å². The molecular weight excluding hydrogens is 170 g/mol. The molecule has 0 radical (unpaired) electrons. The number of allylic oxidation sites excluding steroid dienone is 1. The second-order valence-electron chi connectivity index (χ2n) is 3.80. The van der Waals surface area contributed by atoms with Crippen molar-refractivity contribution in [1.82, 2.24) is 5.32 Å². The van der Waals surface area contributed by atoms with Gasteiger partial charge in [-0.25, -0.2) is 0 Å². The summed E-state index contributed by atoms with van der Waals surface area (Å²) in [6.45, 7) is 2.21. The monoisotopic (exact) mass is 187 g/mol. The predicted octanol–water partition coefficient (Wildman–Crippen LogP) is 3.06. The summed E-state index contributed by atoms with van der Waals surface area (Å²) in [7, 11) is 0. The Kier molecular flexibility index (Phi) is 3.00. The van der Waals surface area contributed by atoms with Gasteiger partial charge in [0, 0.05) is 6.04 Å². The predicted molar refractivity (Wildman–Crippen MR) is 60.2 cm³/mol. The quantitative estimate of drug-likeness (QED) is 0.568. The number of nitrogens with one attached hydrogen (secondary N) is 1. The van der Waals surface area contributed by atoms with Crippen molar-refractivity contribution in [3.05, 3.63) is 48.0 Å². The largest absolute Gasteiger partial charge is 0.300 e. The van der Waals surface area contributed by atoms with Crippen LogP contribution >= 0.6 is 0 Å². The first-order chi connectivity index (χ1) is 6.92. The first-order valence-electron chi connectivity index (χ1n) is 5.39. The molecule has 1 saturated heterocycles. The summed E-state index contributed by atoms with van der Waals surface area (Å²) >= 11 is 0. The van der Waals surface area contributed by atoms with Gasteiger partial charge in [-0.2, -0.15) is 0 Å². The third-order valence-corrected chi connectivity index (χ3v) is 2.58. The Labute approximate surface area is 85.8 Å². The Morgan fingerprint density at radius 2 is 2.07 bits per heavy atom. The van der Waals surface area contributed by atoms with Crippen molar-refractivity contribution < 1.29 is 0 Å². The van der Waals surface area contributed by atoms with Gasteiger partial charge in [0.25, 0.3) is 0 Å². The maximum atomic E-state index is 3.46. The molecule has 1 N–H and O–H groups in total. The van der Waals surface area contributed by atoms with Crippen LogP contribution in [0.3, 0.4) is 0 Å². The highest BCUT2D eigenvalue weighted by Gasteiger charge is 2.34. The van der Waals surface area contributed by atoms with E-state index >= 15 is 0 Å². The van der Waals surface area contributed by atoms with Gasteiger partial charge in [-0.1, -0.05) is 55.8 Å². The van der Waals surface area contributed by atoms with Crippen molar-refractivity contribution in [3.8, 4) is 0 Å². The zero-order chi connectivity index (χ0) is 9.80. The van der Waals surface area contributed by atoms with Crippen molar-refractivity contribution in [1.29, 1.82) is 0 Å². The van der Waals surface area contributed by atoms with Crippen molar-refractivity contribution in [2.45, 2.75) is 31.8 Å². The first kappa shape index (κ1) is 9.47. The normalized spacial score (nSPS) is 25.5. The zero-order valence-corrected chi connectivity index (χ0v) is 8.61. The fraction of sp³-hybridized carbons (Fsp3) is 0.385. The number of unbranched alkanes of at least 4 members (excludes halogenated alkanes) is 1. The fourth-order valence-corrected chi connectivity index (χ4v) is 1.69. The van der Waals surface area contributed by atoms with Crippen LogP contribution in [0, 0.1) is 0 Å². The summed E-state index contributed by atoms with van der Waals surface area (Å²) < 4.78 is 0. The van der Waals surface area contributed by atoms with Gasteiger partial charge in [-0.3, -0.25) is 0 Å². The van der Waals surface area contributed by atoms with E-state index in [-0.39, 0.29) is 0 Å². The van der Waals surface area contributed by atoms with Gasteiger partial charge in [0.15, 0.2) is 0 Å². The maximum absolute atomic E-state index is 3.46. The van der Waals surface area contributed by atoms with Gasteiger partial charge in [0.05, 0.1) is 6.04 Å². The summed E-state index contributed by atoms with van der Waals surface area (Å²) in [5, 5.41) is 3.46. The number of hydrogen-bond acceptors (Lipinski definition) is 1. The second kappa shape index (κ2) is 4.43. The molecule has 0 unspecified atom stereocenters. The maximum Gasteiger partial charge on any atom is 0.0517 e. The highest BCUT2D eigenvalue weighted by molar-refractivity contribution is 5.29. The lowest BCUT2D eigenvalue weighted by Gasteiger charge is -1.93. The van der Waals surface area contributed by atoms with Gasteiger partial charge in [-0.15, -0.1) is 0 Å². The molecule has 1 nitrogen and oxygen atoms in total. The van der Waals surface area contributed by atoms with Gasteiger partial charge in [0.1, 0.15) is 0 Å². The Morgan fingerprint density at radius 3 is 2.79 bits per heavy atom. The number of benzene rings is 1. The molecule has 0 aromatic heterocycles. The molecule has 1 aromatic rings. The van der Waals surface area contributed by atoms with Crippen LogP contribution in [-0.4, -0.2) is 6.04 Å². The molecule has 1 fully saturated rings. The highest BCUT2D eigenvalue weighted by Crippen LogP contribution is 2.30.